The van der Waals surface area contributed by atoms with Gasteiger partial charge in [0, 0.05) is 12.0 Å². The van der Waals surface area contributed by atoms with E-state index in [4.69, 9.17) is 5.11 Å². The van der Waals surface area contributed by atoms with Crippen molar-refractivity contribution in [3.8, 4) is 11.4 Å². The van der Waals surface area contributed by atoms with Crippen molar-refractivity contribution in [2.45, 2.75) is 12.5 Å². The van der Waals surface area contributed by atoms with E-state index in [-0.39, 0.29) is 6.42 Å². The number of aliphatic hydroxyl groups excluding tert-OH is 1. The number of aliphatic carboxylic acids is 1. The predicted octanol–water partition coefficient (Wildman–Crippen LogP) is -0.145. The van der Waals surface area contributed by atoms with Gasteiger partial charge in [-0.05, 0) is 16.8 Å². The highest BCUT2D eigenvalue weighted by Gasteiger charge is 2.14. The summed E-state index contributed by atoms with van der Waals surface area (Å²) in [5.41, 5.74) is 1.41. The maximum absolute atomic E-state index is 10.5. The van der Waals surface area contributed by atoms with E-state index >= 15 is 0 Å². The van der Waals surface area contributed by atoms with Crippen LogP contribution in [0.4, 0.5) is 0 Å². The molecule has 0 fully saturated rings. The van der Waals surface area contributed by atoms with Gasteiger partial charge in [0.25, 0.3) is 0 Å². The van der Waals surface area contributed by atoms with Crippen molar-refractivity contribution in [3.05, 3.63) is 29.8 Å². The highest BCUT2D eigenvalue weighted by Crippen LogP contribution is 2.16. The van der Waals surface area contributed by atoms with Crippen LogP contribution in [0.15, 0.2) is 24.3 Å². The van der Waals surface area contributed by atoms with E-state index < -0.39 is 12.1 Å². The number of carboxylic acid groups (broad SMARTS) is 1. The summed E-state index contributed by atoms with van der Waals surface area (Å²) < 4.78 is 0. The first-order valence-electron chi connectivity index (χ1n) is 4.90. The van der Waals surface area contributed by atoms with Gasteiger partial charge in [0.2, 0.25) is 5.82 Å². The monoisotopic (exact) mass is 234 g/mol. The van der Waals surface area contributed by atoms with Gasteiger partial charge in [-0.25, -0.2) is 4.79 Å². The molecule has 0 aliphatic rings. The molecule has 1 aromatic heterocycles. The molecule has 7 heteroatoms. The fourth-order valence-corrected chi connectivity index (χ4v) is 1.43. The van der Waals surface area contributed by atoms with E-state index in [1.165, 1.54) is 0 Å². The highest BCUT2D eigenvalue weighted by molar-refractivity contribution is 5.72. The molecule has 0 saturated heterocycles. The van der Waals surface area contributed by atoms with Crippen molar-refractivity contribution in [2.24, 2.45) is 0 Å². The molecule has 1 aromatic carbocycles. The Bertz CT molecular complexity index is 512. The highest BCUT2D eigenvalue weighted by atomic mass is 16.4. The molecule has 0 bridgehead atoms. The third-order valence-corrected chi connectivity index (χ3v) is 2.24. The second-order valence-corrected chi connectivity index (χ2v) is 3.49. The van der Waals surface area contributed by atoms with Crippen LogP contribution < -0.4 is 0 Å². The third-order valence-electron chi connectivity index (χ3n) is 2.24. The van der Waals surface area contributed by atoms with Crippen LogP contribution in [0.3, 0.4) is 0 Å². The molecular weight excluding hydrogens is 224 g/mol. The van der Waals surface area contributed by atoms with Crippen LogP contribution in [0.2, 0.25) is 0 Å². The Morgan fingerprint density at radius 3 is 2.94 bits per heavy atom. The topological polar surface area (TPSA) is 112 Å². The number of tetrazole rings is 1. The first-order chi connectivity index (χ1) is 8.16. The number of benzene rings is 1. The van der Waals surface area contributed by atoms with E-state index in [2.05, 4.69) is 20.6 Å². The summed E-state index contributed by atoms with van der Waals surface area (Å²) in [6, 6.07) is 6.98. The average molecular weight is 234 g/mol. The molecule has 0 spiro atoms. The zero-order valence-electron chi connectivity index (χ0n) is 8.74. The number of hydrogen-bond donors (Lipinski definition) is 3. The molecule has 88 valence electrons. The lowest BCUT2D eigenvalue weighted by atomic mass is 10.0. The SMILES string of the molecule is O=C(O)C(O)Cc1cccc(-c2nn[nH]n2)c1. The molecule has 17 heavy (non-hydrogen) atoms. The smallest absolute Gasteiger partial charge is 0.332 e. The van der Waals surface area contributed by atoms with Crippen LogP contribution in [-0.4, -0.2) is 42.9 Å². The van der Waals surface area contributed by atoms with Crippen molar-refractivity contribution in [1.29, 1.82) is 0 Å². The molecule has 1 heterocycles. The Morgan fingerprint density at radius 2 is 2.29 bits per heavy atom. The molecule has 0 aliphatic heterocycles. The molecule has 2 aromatic rings. The first-order valence-corrected chi connectivity index (χ1v) is 4.90. The van der Waals surface area contributed by atoms with Crippen molar-refractivity contribution in [3.63, 3.8) is 0 Å². The first kappa shape index (κ1) is 11.2. The van der Waals surface area contributed by atoms with Crippen LogP contribution in [0.25, 0.3) is 11.4 Å². The largest absolute Gasteiger partial charge is 0.479 e. The van der Waals surface area contributed by atoms with Gasteiger partial charge in [-0.2, -0.15) is 5.21 Å². The lowest BCUT2D eigenvalue weighted by Crippen LogP contribution is -2.21. The number of carbonyl (C=O) groups is 1. The van der Waals surface area contributed by atoms with Crippen LogP contribution >= 0.6 is 0 Å². The summed E-state index contributed by atoms with van der Waals surface area (Å²) in [4.78, 5) is 10.5. The van der Waals surface area contributed by atoms with Crippen molar-refractivity contribution in [1.82, 2.24) is 20.6 Å². The Balaban J connectivity index is 2.20. The fraction of sp³-hybridized carbons (Fsp3) is 0.200. The molecule has 0 radical (unpaired) electrons. The number of aromatic amines is 1. The maximum atomic E-state index is 10.5. The van der Waals surface area contributed by atoms with Gasteiger partial charge in [-0.3, -0.25) is 0 Å². The van der Waals surface area contributed by atoms with Crippen molar-refractivity contribution < 1.29 is 15.0 Å². The average Bonchev–Trinajstić information content (AvgIpc) is 2.82. The number of rotatable bonds is 4. The van der Waals surface area contributed by atoms with Crippen LogP contribution in [0.5, 0.6) is 0 Å². The predicted molar refractivity (Wildman–Crippen MR) is 57.0 cm³/mol. The number of aromatic nitrogens is 4. The second kappa shape index (κ2) is 4.71. The third kappa shape index (κ3) is 2.64. The number of aliphatic hydroxyl groups is 1. The minimum Gasteiger partial charge on any atom is -0.479 e. The Hall–Kier alpha value is -2.28. The molecule has 2 rings (SSSR count). The number of nitrogens with zero attached hydrogens (tertiary/aromatic N) is 3. The molecule has 1 unspecified atom stereocenters. The number of carboxylic acids is 1. The normalized spacial score (nSPS) is 12.3. The Labute approximate surface area is 96.1 Å². The standard InChI is InChI=1S/C10H10N4O3/c15-8(10(16)17)5-6-2-1-3-7(4-6)9-11-13-14-12-9/h1-4,8,15H,5H2,(H,16,17)(H,11,12,13,14). The number of hydrogen-bond acceptors (Lipinski definition) is 5. The van der Waals surface area contributed by atoms with Gasteiger partial charge >= 0.3 is 5.97 Å². The van der Waals surface area contributed by atoms with E-state index in [1.807, 2.05) is 0 Å². The van der Waals surface area contributed by atoms with Gasteiger partial charge < -0.3 is 10.2 Å². The molecule has 3 N–H and O–H groups in total. The molecule has 0 aliphatic carbocycles. The Morgan fingerprint density at radius 1 is 1.47 bits per heavy atom. The van der Waals surface area contributed by atoms with Gasteiger partial charge in [0.05, 0.1) is 0 Å². The lowest BCUT2D eigenvalue weighted by molar-refractivity contribution is -0.146. The molecule has 1 atom stereocenters. The summed E-state index contributed by atoms with van der Waals surface area (Å²) in [6.45, 7) is 0. The minimum absolute atomic E-state index is 0.0427. The molecule has 0 amide bonds. The van der Waals surface area contributed by atoms with Crippen molar-refractivity contribution >= 4 is 5.97 Å². The molecule has 7 nitrogen and oxygen atoms in total. The van der Waals surface area contributed by atoms with E-state index in [0.717, 1.165) is 0 Å². The summed E-state index contributed by atoms with van der Waals surface area (Å²) in [5.74, 6) is -0.813. The lowest BCUT2D eigenvalue weighted by Gasteiger charge is -2.06. The van der Waals surface area contributed by atoms with E-state index in [0.29, 0.717) is 17.0 Å². The quantitative estimate of drug-likeness (QED) is 0.678. The zero-order valence-corrected chi connectivity index (χ0v) is 8.74. The fourth-order valence-electron chi connectivity index (χ4n) is 1.43. The summed E-state index contributed by atoms with van der Waals surface area (Å²) in [7, 11) is 0. The van der Waals surface area contributed by atoms with Gasteiger partial charge in [0.1, 0.15) is 0 Å². The van der Waals surface area contributed by atoms with Gasteiger partial charge in [-0.1, -0.05) is 18.2 Å². The van der Waals surface area contributed by atoms with Crippen LogP contribution in [0, 0.1) is 0 Å². The number of H-pyrrole nitrogens is 1. The summed E-state index contributed by atoms with van der Waals surface area (Å²) in [5, 5.41) is 31.3. The summed E-state index contributed by atoms with van der Waals surface area (Å²) in [6.07, 6.45) is -1.36. The van der Waals surface area contributed by atoms with E-state index in [1.54, 1.807) is 24.3 Å². The summed E-state index contributed by atoms with van der Waals surface area (Å²) >= 11 is 0. The van der Waals surface area contributed by atoms with Crippen molar-refractivity contribution in [2.75, 3.05) is 0 Å². The van der Waals surface area contributed by atoms with Gasteiger partial charge in [0.15, 0.2) is 6.10 Å². The molecular formula is C10H10N4O3. The second-order valence-electron chi connectivity index (χ2n) is 3.49. The van der Waals surface area contributed by atoms with Gasteiger partial charge in [-0.15, -0.1) is 10.2 Å². The maximum Gasteiger partial charge on any atom is 0.332 e. The molecule has 0 saturated carbocycles. The Kier molecular flexibility index (Phi) is 3.10. The van der Waals surface area contributed by atoms with E-state index in [9.17, 15) is 9.90 Å². The van der Waals surface area contributed by atoms with Crippen LogP contribution in [0.1, 0.15) is 5.56 Å². The minimum atomic E-state index is -1.41. The number of nitrogens with one attached hydrogen (secondary N) is 1. The zero-order chi connectivity index (χ0) is 12.3. The van der Waals surface area contributed by atoms with Crippen LogP contribution in [-0.2, 0) is 11.2 Å².